The van der Waals surface area contributed by atoms with Gasteiger partial charge in [-0.1, -0.05) is 0 Å². The molecule has 0 amide bonds. The average Bonchev–Trinajstić information content (AvgIpc) is 2.04. The minimum absolute atomic E-state index is 0.0772. The van der Waals surface area contributed by atoms with Gasteiger partial charge in [0, 0.05) is 26.8 Å². The van der Waals surface area contributed by atoms with Crippen LogP contribution in [0.25, 0.3) is 0 Å². The van der Waals surface area contributed by atoms with Gasteiger partial charge in [-0.2, -0.15) is 0 Å². The fourth-order valence-corrected chi connectivity index (χ4v) is 0.750. The summed E-state index contributed by atoms with van der Waals surface area (Å²) in [5.74, 6) is 0. The lowest BCUT2D eigenvalue weighted by Crippen LogP contribution is -2.38. The third-order valence-corrected chi connectivity index (χ3v) is 1.73. The number of methoxy groups -OCH3 is 1. The fraction of sp³-hybridized carbons (Fsp3) is 1.00. The zero-order valence-electron chi connectivity index (χ0n) is 8.64. The van der Waals surface area contributed by atoms with Crippen LogP contribution in [0.15, 0.2) is 0 Å². The Hall–Kier alpha value is -0.120. The van der Waals surface area contributed by atoms with E-state index in [0.717, 1.165) is 26.3 Å². The van der Waals surface area contributed by atoms with Crippen molar-refractivity contribution in [3.63, 3.8) is 0 Å². The molecule has 0 heterocycles. The van der Waals surface area contributed by atoms with E-state index < -0.39 is 0 Å². The van der Waals surface area contributed by atoms with E-state index in [0.29, 0.717) is 0 Å². The minimum Gasteiger partial charge on any atom is -0.380 e. The summed E-state index contributed by atoms with van der Waals surface area (Å²) in [7, 11) is 1.73. The molecule has 74 valence electrons. The van der Waals surface area contributed by atoms with Crippen LogP contribution in [0.3, 0.4) is 0 Å². The van der Waals surface area contributed by atoms with Crippen LogP contribution in [0.4, 0.5) is 0 Å². The molecule has 12 heavy (non-hydrogen) atoms. The standard InChI is InChI=1S/C9H21NO2/c1-5-12-7-6-10-8-9(2,3)11-4/h10H,5-8H2,1-4H3. The number of nitrogens with one attached hydrogen (secondary N) is 1. The highest BCUT2D eigenvalue weighted by atomic mass is 16.5. The van der Waals surface area contributed by atoms with Gasteiger partial charge in [0.1, 0.15) is 0 Å². The molecule has 0 atom stereocenters. The van der Waals surface area contributed by atoms with Crippen LogP contribution >= 0.6 is 0 Å². The van der Waals surface area contributed by atoms with Crippen molar-refractivity contribution in [3.8, 4) is 0 Å². The molecule has 0 saturated heterocycles. The molecule has 0 aromatic carbocycles. The normalized spacial score (nSPS) is 12.0. The largest absolute Gasteiger partial charge is 0.380 e. The Labute approximate surface area is 75.4 Å². The number of hydrogen-bond acceptors (Lipinski definition) is 3. The Kier molecular flexibility index (Phi) is 6.34. The molecule has 0 saturated carbocycles. The first-order chi connectivity index (χ1) is 5.62. The van der Waals surface area contributed by atoms with E-state index in [9.17, 15) is 0 Å². The molecule has 0 rings (SSSR count). The maximum absolute atomic E-state index is 5.24. The second kappa shape index (κ2) is 6.40. The van der Waals surface area contributed by atoms with Gasteiger partial charge in [0.2, 0.25) is 0 Å². The number of ether oxygens (including phenoxy) is 2. The van der Waals surface area contributed by atoms with Gasteiger partial charge in [0.15, 0.2) is 0 Å². The van der Waals surface area contributed by atoms with Crippen molar-refractivity contribution in [2.24, 2.45) is 0 Å². The molecular weight excluding hydrogens is 154 g/mol. The quantitative estimate of drug-likeness (QED) is 0.586. The molecule has 0 aliphatic carbocycles. The van der Waals surface area contributed by atoms with Crippen LogP contribution in [-0.2, 0) is 9.47 Å². The third kappa shape index (κ3) is 6.58. The summed E-state index contributed by atoms with van der Waals surface area (Å²) in [5, 5.41) is 3.26. The van der Waals surface area contributed by atoms with Crippen molar-refractivity contribution < 1.29 is 9.47 Å². The molecule has 0 aliphatic rings. The van der Waals surface area contributed by atoms with Crippen molar-refractivity contribution in [2.45, 2.75) is 26.4 Å². The van der Waals surface area contributed by atoms with Crippen molar-refractivity contribution in [1.82, 2.24) is 5.32 Å². The first-order valence-electron chi connectivity index (χ1n) is 4.46. The molecule has 1 N–H and O–H groups in total. The van der Waals surface area contributed by atoms with Gasteiger partial charge in [0.25, 0.3) is 0 Å². The SMILES string of the molecule is CCOCCNCC(C)(C)OC. The Morgan fingerprint density at radius 1 is 1.33 bits per heavy atom. The van der Waals surface area contributed by atoms with Gasteiger partial charge >= 0.3 is 0 Å². The van der Waals surface area contributed by atoms with E-state index in [1.54, 1.807) is 7.11 Å². The molecule has 0 aromatic heterocycles. The number of rotatable bonds is 7. The molecule has 0 bridgehead atoms. The predicted octanol–water partition coefficient (Wildman–Crippen LogP) is 1.04. The highest BCUT2D eigenvalue weighted by Gasteiger charge is 2.14. The van der Waals surface area contributed by atoms with Crippen LogP contribution < -0.4 is 5.32 Å². The molecule has 0 fully saturated rings. The molecule has 0 spiro atoms. The van der Waals surface area contributed by atoms with Crippen LogP contribution in [0.2, 0.25) is 0 Å². The lowest BCUT2D eigenvalue weighted by molar-refractivity contribution is 0.0217. The maximum atomic E-state index is 5.24. The van der Waals surface area contributed by atoms with Crippen molar-refractivity contribution >= 4 is 0 Å². The van der Waals surface area contributed by atoms with Crippen molar-refractivity contribution in [3.05, 3.63) is 0 Å². The van der Waals surface area contributed by atoms with Crippen LogP contribution in [0, 0.1) is 0 Å². The summed E-state index contributed by atoms with van der Waals surface area (Å²) in [6.07, 6.45) is 0. The third-order valence-electron chi connectivity index (χ3n) is 1.73. The Morgan fingerprint density at radius 2 is 2.00 bits per heavy atom. The Morgan fingerprint density at radius 3 is 2.50 bits per heavy atom. The summed E-state index contributed by atoms with van der Waals surface area (Å²) in [6.45, 7) is 9.42. The molecule has 3 nitrogen and oxygen atoms in total. The van der Waals surface area contributed by atoms with Crippen LogP contribution in [0.1, 0.15) is 20.8 Å². The maximum Gasteiger partial charge on any atom is 0.0746 e. The summed E-state index contributed by atoms with van der Waals surface area (Å²) in [6, 6.07) is 0. The second-order valence-corrected chi connectivity index (χ2v) is 3.34. The van der Waals surface area contributed by atoms with Gasteiger partial charge in [-0.05, 0) is 20.8 Å². The Bertz CT molecular complexity index is 105. The zero-order valence-corrected chi connectivity index (χ0v) is 8.64. The highest BCUT2D eigenvalue weighted by Crippen LogP contribution is 2.03. The zero-order chi connectivity index (χ0) is 9.45. The van der Waals surface area contributed by atoms with Crippen molar-refractivity contribution in [2.75, 3.05) is 33.4 Å². The van der Waals surface area contributed by atoms with E-state index in [-0.39, 0.29) is 5.60 Å². The van der Waals surface area contributed by atoms with Gasteiger partial charge in [0.05, 0.1) is 12.2 Å². The number of hydrogen-bond donors (Lipinski definition) is 1. The summed E-state index contributed by atoms with van der Waals surface area (Å²) in [4.78, 5) is 0. The molecule has 0 unspecified atom stereocenters. The second-order valence-electron chi connectivity index (χ2n) is 3.34. The van der Waals surface area contributed by atoms with Gasteiger partial charge in [-0.25, -0.2) is 0 Å². The average molecular weight is 175 g/mol. The first-order valence-corrected chi connectivity index (χ1v) is 4.46. The summed E-state index contributed by atoms with van der Waals surface area (Å²) >= 11 is 0. The monoisotopic (exact) mass is 175 g/mol. The predicted molar refractivity (Wildman–Crippen MR) is 50.5 cm³/mol. The van der Waals surface area contributed by atoms with E-state index >= 15 is 0 Å². The fourth-order valence-electron chi connectivity index (χ4n) is 0.750. The van der Waals surface area contributed by atoms with Gasteiger partial charge < -0.3 is 14.8 Å². The lowest BCUT2D eigenvalue weighted by atomic mass is 10.1. The van der Waals surface area contributed by atoms with E-state index in [2.05, 4.69) is 19.2 Å². The lowest BCUT2D eigenvalue weighted by Gasteiger charge is -2.23. The molecule has 0 aliphatic heterocycles. The van der Waals surface area contributed by atoms with Gasteiger partial charge in [-0.15, -0.1) is 0 Å². The summed E-state index contributed by atoms with van der Waals surface area (Å²) in [5.41, 5.74) is -0.0772. The van der Waals surface area contributed by atoms with Crippen molar-refractivity contribution in [1.29, 1.82) is 0 Å². The topological polar surface area (TPSA) is 30.5 Å². The van der Waals surface area contributed by atoms with Gasteiger partial charge in [-0.3, -0.25) is 0 Å². The highest BCUT2D eigenvalue weighted by molar-refractivity contribution is 4.70. The van der Waals surface area contributed by atoms with E-state index in [4.69, 9.17) is 9.47 Å². The van der Waals surface area contributed by atoms with E-state index in [1.807, 2.05) is 6.92 Å². The van der Waals surface area contributed by atoms with Crippen LogP contribution in [-0.4, -0.2) is 39.0 Å². The van der Waals surface area contributed by atoms with E-state index in [1.165, 1.54) is 0 Å². The molecule has 3 heteroatoms. The molecule has 0 radical (unpaired) electrons. The summed E-state index contributed by atoms with van der Waals surface area (Å²) < 4.78 is 10.4. The first kappa shape index (κ1) is 11.9. The Balaban J connectivity index is 3.19. The van der Waals surface area contributed by atoms with Crippen LogP contribution in [0.5, 0.6) is 0 Å². The minimum atomic E-state index is -0.0772. The smallest absolute Gasteiger partial charge is 0.0746 e. The molecule has 0 aromatic rings. The molecular formula is C9H21NO2.